The van der Waals surface area contributed by atoms with Gasteiger partial charge in [0.2, 0.25) is 0 Å². The van der Waals surface area contributed by atoms with Gasteiger partial charge < -0.3 is 14.7 Å². The van der Waals surface area contributed by atoms with E-state index in [4.69, 9.17) is 4.74 Å². The maximum Gasteiger partial charge on any atom is 0.269 e. The molecule has 0 saturated carbocycles. The number of hydrogen-bond acceptors (Lipinski definition) is 6. The van der Waals surface area contributed by atoms with E-state index in [0.717, 1.165) is 52.4 Å². The molecule has 0 aliphatic carbocycles. The van der Waals surface area contributed by atoms with Gasteiger partial charge in [-0.25, -0.2) is 0 Å². The standard InChI is InChI=1S/C18H27N3O4/c22-18(16-4-1-5-17(11-16)21(23)24)14-20-6-2-3-15(13-20)12-19-7-9-25-10-8-19/h1,4-5,11,15,18,22H,2-3,6-10,12-14H2. The highest BCUT2D eigenvalue weighted by Gasteiger charge is 2.25. The molecule has 3 rings (SSSR count). The van der Waals surface area contributed by atoms with Crippen LogP contribution in [0.1, 0.15) is 24.5 Å². The zero-order chi connectivity index (χ0) is 17.6. The quantitative estimate of drug-likeness (QED) is 0.622. The van der Waals surface area contributed by atoms with Gasteiger partial charge in [-0.05, 0) is 30.9 Å². The molecule has 2 saturated heterocycles. The highest BCUT2D eigenvalue weighted by molar-refractivity contribution is 5.35. The SMILES string of the molecule is O=[N+]([O-])c1cccc(C(O)CN2CCCC(CN3CCOCC3)C2)c1. The molecule has 2 aliphatic rings. The number of piperidine rings is 1. The summed E-state index contributed by atoms with van der Waals surface area (Å²) in [6, 6.07) is 6.32. The molecule has 7 heteroatoms. The van der Waals surface area contributed by atoms with E-state index >= 15 is 0 Å². The molecule has 2 aliphatic heterocycles. The lowest BCUT2D eigenvalue weighted by Gasteiger charge is -2.37. The number of non-ortho nitro benzene ring substituents is 1. The Morgan fingerprint density at radius 3 is 2.84 bits per heavy atom. The first-order chi connectivity index (χ1) is 12.1. The van der Waals surface area contributed by atoms with E-state index in [-0.39, 0.29) is 5.69 Å². The molecule has 2 unspecified atom stereocenters. The first-order valence-corrected chi connectivity index (χ1v) is 9.06. The number of ether oxygens (including phenoxy) is 1. The minimum absolute atomic E-state index is 0.0281. The van der Waals surface area contributed by atoms with Gasteiger partial charge in [-0.15, -0.1) is 0 Å². The van der Waals surface area contributed by atoms with Crippen molar-refractivity contribution < 1.29 is 14.8 Å². The van der Waals surface area contributed by atoms with Gasteiger partial charge in [0.1, 0.15) is 0 Å². The predicted octanol–water partition coefficient (Wildman–Crippen LogP) is 1.67. The Labute approximate surface area is 148 Å². The van der Waals surface area contributed by atoms with Crippen LogP contribution in [-0.4, -0.2) is 72.3 Å². The Bertz CT molecular complexity index is 577. The Balaban J connectivity index is 1.53. The molecular formula is C18H27N3O4. The number of aliphatic hydroxyl groups is 1. The maximum absolute atomic E-state index is 10.9. The van der Waals surface area contributed by atoms with Gasteiger partial charge in [-0.2, -0.15) is 0 Å². The molecule has 0 aromatic heterocycles. The summed E-state index contributed by atoms with van der Waals surface area (Å²) in [6.07, 6.45) is 1.67. The number of morpholine rings is 1. The van der Waals surface area contributed by atoms with Gasteiger partial charge in [-0.3, -0.25) is 15.0 Å². The predicted molar refractivity (Wildman–Crippen MR) is 94.5 cm³/mol. The summed E-state index contributed by atoms with van der Waals surface area (Å²) < 4.78 is 5.40. The molecule has 7 nitrogen and oxygen atoms in total. The van der Waals surface area contributed by atoms with E-state index in [1.54, 1.807) is 12.1 Å². The molecule has 138 valence electrons. The van der Waals surface area contributed by atoms with Gasteiger partial charge in [0.05, 0.1) is 24.2 Å². The van der Waals surface area contributed by atoms with Crippen molar-refractivity contribution >= 4 is 5.69 Å². The number of rotatable bonds is 6. The van der Waals surface area contributed by atoms with Crippen LogP contribution >= 0.6 is 0 Å². The molecule has 0 spiro atoms. The van der Waals surface area contributed by atoms with E-state index < -0.39 is 11.0 Å². The van der Waals surface area contributed by atoms with Gasteiger partial charge in [-0.1, -0.05) is 12.1 Å². The second-order valence-electron chi connectivity index (χ2n) is 7.05. The Morgan fingerprint density at radius 2 is 2.08 bits per heavy atom. The molecule has 25 heavy (non-hydrogen) atoms. The molecule has 2 atom stereocenters. The second-order valence-corrected chi connectivity index (χ2v) is 7.05. The van der Waals surface area contributed by atoms with Crippen molar-refractivity contribution in [2.24, 2.45) is 5.92 Å². The van der Waals surface area contributed by atoms with Gasteiger partial charge >= 0.3 is 0 Å². The number of benzene rings is 1. The Kier molecular flexibility index (Phi) is 6.36. The number of likely N-dealkylation sites (tertiary alicyclic amines) is 1. The Hall–Kier alpha value is -1.54. The van der Waals surface area contributed by atoms with E-state index in [9.17, 15) is 15.2 Å². The number of nitro groups is 1. The smallest absolute Gasteiger partial charge is 0.269 e. The summed E-state index contributed by atoms with van der Waals surface area (Å²) in [6.45, 7) is 7.23. The van der Waals surface area contributed by atoms with E-state index in [2.05, 4.69) is 9.80 Å². The lowest BCUT2D eigenvalue weighted by molar-refractivity contribution is -0.385. The average molecular weight is 349 g/mol. The minimum atomic E-state index is -0.693. The molecule has 2 fully saturated rings. The van der Waals surface area contributed by atoms with Crippen molar-refractivity contribution in [2.75, 3.05) is 52.5 Å². The number of nitro benzene ring substituents is 1. The third kappa shape index (κ3) is 5.22. The molecule has 1 aromatic rings. The lowest BCUT2D eigenvalue weighted by Crippen LogP contribution is -2.45. The summed E-state index contributed by atoms with van der Waals surface area (Å²) in [7, 11) is 0. The summed E-state index contributed by atoms with van der Waals surface area (Å²) in [5.74, 6) is 0.615. The molecule has 1 aromatic carbocycles. The van der Waals surface area contributed by atoms with Gasteiger partial charge in [0.25, 0.3) is 5.69 Å². The minimum Gasteiger partial charge on any atom is -0.387 e. The van der Waals surface area contributed by atoms with Crippen LogP contribution in [0.4, 0.5) is 5.69 Å². The van der Waals surface area contributed by atoms with Crippen molar-refractivity contribution in [1.82, 2.24) is 9.80 Å². The molecule has 0 radical (unpaired) electrons. The molecule has 0 bridgehead atoms. The zero-order valence-electron chi connectivity index (χ0n) is 14.5. The summed E-state index contributed by atoms with van der Waals surface area (Å²) in [5.41, 5.74) is 0.643. The molecule has 2 heterocycles. The van der Waals surface area contributed by atoms with Crippen LogP contribution in [0.15, 0.2) is 24.3 Å². The summed E-state index contributed by atoms with van der Waals surface area (Å²) in [4.78, 5) is 15.2. The molecule has 0 amide bonds. The van der Waals surface area contributed by atoms with Crippen LogP contribution in [0.5, 0.6) is 0 Å². The fourth-order valence-corrected chi connectivity index (χ4v) is 3.81. The normalized spacial score (nSPS) is 24.1. The first-order valence-electron chi connectivity index (χ1n) is 9.06. The number of nitrogens with zero attached hydrogens (tertiary/aromatic N) is 3. The van der Waals surface area contributed by atoms with Crippen LogP contribution < -0.4 is 0 Å². The number of aliphatic hydroxyl groups excluding tert-OH is 1. The van der Waals surface area contributed by atoms with E-state index in [1.807, 2.05) is 0 Å². The third-order valence-corrected chi connectivity index (χ3v) is 5.12. The molecule has 1 N–H and O–H groups in total. The van der Waals surface area contributed by atoms with Crippen LogP contribution in [0.2, 0.25) is 0 Å². The lowest BCUT2D eigenvalue weighted by atomic mass is 9.96. The Morgan fingerprint density at radius 1 is 1.28 bits per heavy atom. The fraction of sp³-hybridized carbons (Fsp3) is 0.667. The third-order valence-electron chi connectivity index (χ3n) is 5.12. The van der Waals surface area contributed by atoms with Crippen molar-refractivity contribution in [3.63, 3.8) is 0 Å². The van der Waals surface area contributed by atoms with Crippen molar-refractivity contribution in [3.8, 4) is 0 Å². The first kappa shape index (κ1) is 18.3. The topological polar surface area (TPSA) is 79.1 Å². The van der Waals surface area contributed by atoms with Crippen molar-refractivity contribution in [1.29, 1.82) is 0 Å². The van der Waals surface area contributed by atoms with Crippen molar-refractivity contribution in [2.45, 2.75) is 18.9 Å². The van der Waals surface area contributed by atoms with Crippen LogP contribution in [-0.2, 0) is 4.74 Å². The zero-order valence-corrected chi connectivity index (χ0v) is 14.5. The highest BCUT2D eigenvalue weighted by atomic mass is 16.6. The van der Waals surface area contributed by atoms with Gasteiger partial charge in [0, 0.05) is 44.9 Å². The summed E-state index contributed by atoms with van der Waals surface area (Å²) in [5, 5.41) is 21.4. The highest BCUT2D eigenvalue weighted by Crippen LogP contribution is 2.23. The van der Waals surface area contributed by atoms with E-state index in [1.165, 1.54) is 18.6 Å². The fourth-order valence-electron chi connectivity index (χ4n) is 3.81. The van der Waals surface area contributed by atoms with Crippen LogP contribution in [0, 0.1) is 16.0 Å². The van der Waals surface area contributed by atoms with Crippen LogP contribution in [0.3, 0.4) is 0 Å². The second kappa shape index (κ2) is 8.71. The number of β-amino-alcohol motifs (C(OH)–C–C–N with tert-alkyl or cyclic N) is 1. The largest absolute Gasteiger partial charge is 0.387 e. The number of hydrogen-bond donors (Lipinski definition) is 1. The van der Waals surface area contributed by atoms with E-state index in [0.29, 0.717) is 18.0 Å². The van der Waals surface area contributed by atoms with Gasteiger partial charge in [0.15, 0.2) is 0 Å². The maximum atomic E-state index is 10.9. The van der Waals surface area contributed by atoms with Crippen molar-refractivity contribution in [3.05, 3.63) is 39.9 Å². The summed E-state index contributed by atoms with van der Waals surface area (Å²) >= 11 is 0. The molecular weight excluding hydrogens is 322 g/mol. The monoisotopic (exact) mass is 349 g/mol. The average Bonchev–Trinajstić information content (AvgIpc) is 2.63. The van der Waals surface area contributed by atoms with Crippen LogP contribution in [0.25, 0.3) is 0 Å².